The molecule has 2 heterocycles. The van der Waals surface area contributed by atoms with E-state index in [1.807, 2.05) is 71.1 Å². The van der Waals surface area contributed by atoms with Gasteiger partial charge in [-0.15, -0.1) is 0 Å². The first-order chi connectivity index (χ1) is 22.3. The minimum absolute atomic E-state index is 0.00370. The summed E-state index contributed by atoms with van der Waals surface area (Å²) >= 11 is 0. The van der Waals surface area contributed by atoms with Crippen molar-refractivity contribution in [3.05, 3.63) is 101 Å². The van der Waals surface area contributed by atoms with Gasteiger partial charge in [0.15, 0.2) is 0 Å². The summed E-state index contributed by atoms with van der Waals surface area (Å²) in [7, 11) is 0. The number of nitrogens with one attached hydrogen (secondary N) is 1. The van der Waals surface area contributed by atoms with Gasteiger partial charge in [-0.25, -0.2) is 4.79 Å². The standard InChI is InChI=1S/C40H56N2O5/c1-9-34(16-17-36-30(5)15-18-38(44)47-36)24-28(3)13-10-12-27(2)22-31(6)39(45)33(8)40(46)32(7)23-29(4)25-37(43)42-21-19-35-14-11-20-41-26-35/h10-12,14-18,20,22,24-26,28,30-33,36,40,46H,9,13,19,21,23H2,1-8H3,(H,42,43)/b12-10+,17-16+,27-22+,29-25+,34-24-/t28-,30+,31-,32+,33-,36+,40-/m1/s1. The van der Waals surface area contributed by atoms with Gasteiger partial charge in [-0.2, -0.15) is 0 Å². The fourth-order valence-corrected chi connectivity index (χ4v) is 5.69. The van der Waals surface area contributed by atoms with Crippen LogP contribution in [-0.4, -0.2) is 46.5 Å². The summed E-state index contributed by atoms with van der Waals surface area (Å²) < 4.78 is 5.41. The number of esters is 1. The number of rotatable bonds is 18. The lowest BCUT2D eigenvalue weighted by Gasteiger charge is -2.25. The number of pyridine rings is 1. The third-order valence-electron chi connectivity index (χ3n) is 8.56. The summed E-state index contributed by atoms with van der Waals surface area (Å²) in [6.45, 7) is 16.3. The van der Waals surface area contributed by atoms with Crippen LogP contribution >= 0.6 is 0 Å². The molecule has 0 fully saturated rings. The number of ether oxygens (including phenoxy) is 1. The Morgan fingerprint density at radius 3 is 2.55 bits per heavy atom. The van der Waals surface area contributed by atoms with Crippen molar-refractivity contribution in [1.82, 2.24) is 10.3 Å². The lowest BCUT2D eigenvalue weighted by molar-refractivity contribution is -0.143. The topological polar surface area (TPSA) is 106 Å². The van der Waals surface area contributed by atoms with E-state index >= 15 is 0 Å². The van der Waals surface area contributed by atoms with Crippen molar-refractivity contribution >= 4 is 17.7 Å². The van der Waals surface area contributed by atoms with Crippen LogP contribution < -0.4 is 5.32 Å². The van der Waals surface area contributed by atoms with E-state index < -0.39 is 12.0 Å². The molecule has 1 aromatic rings. The number of hydrogen-bond donors (Lipinski definition) is 2. The molecule has 47 heavy (non-hydrogen) atoms. The molecule has 1 aliphatic rings. The monoisotopic (exact) mass is 644 g/mol. The highest BCUT2D eigenvalue weighted by atomic mass is 16.5. The second kappa shape index (κ2) is 20.4. The van der Waals surface area contributed by atoms with Crippen LogP contribution in [0.15, 0.2) is 95.9 Å². The molecule has 0 spiro atoms. The maximum Gasteiger partial charge on any atom is 0.331 e. The van der Waals surface area contributed by atoms with Gasteiger partial charge in [0.05, 0.1) is 6.10 Å². The summed E-state index contributed by atoms with van der Waals surface area (Å²) in [5.41, 5.74) is 4.12. The number of ketones is 1. The van der Waals surface area contributed by atoms with Crippen molar-refractivity contribution in [3.63, 3.8) is 0 Å². The number of allylic oxidation sites excluding steroid dienone is 8. The highest BCUT2D eigenvalue weighted by Crippen LogP contribution is 2.24. The summed E-state index contributed by atoms with van der Waals surface area (Å²) in [6.07, 6.45) is 22.8. The SMILES string of the molecule is CCC(=C/[C@H](C)C/C=C/C(C)=C/[C@@H](C)C(=O)[C@@H](C)[C@H](O)[C@@H](C)C/C(C)=C/C(=O)NCCc1cccnc1)/C=C/[C@@H]1OC(=O)C=C[C@@H]1C. The Kier molecular flexibility index (Phi) is 17.1. The van der Waals surface area contributed by atoms with Crippen molar-refractivity contribution in [3.8, 4) is 0 Å². The van der Waals surface area contributed by atoms with E-state index in [0.29, 0.717) is 25.3 Å². The number of hydrogen-bond acceptors (Lipinski definition) is 6. The van der Waals surface area contributed by atoms with Crippen molar-refractivity contribution in [2.45, 2.75) is 93.3 Å². The first kappa shape index (κ1) is 39.3. The lowest BCUT2D eigenvalue weighted by atomic mass is 9.83. The highest BCUT2D eigenvalue weighted by molar-refractivity contribution is 5.88. The van der Waals surface area contributed by atoms with E-state index in [4.69, 9.17) is 4.74 Å². The second-order valence-corrected chi connectivity index (χ2v) is 13.1. The zero-order chi connectivity index (χ0) is 34.9. The number of aromatic nitrogens is 1. The zero-order valence-electron chi connectivity index (χ0n) is 29.6. The molecule has 0 unspecified atom stereocenters. The van der Waals surface area contributed by atoms with Crippen LogP contribution in [0.2, 0.25) is 0 Å². The molecule has 0 aliphatic carbocycles. The van der Waals surface area contributed by atoms with Crippen LogP contribution in [0.25, 0.3) is 0 Å². The molecule has 0 radical (unpaired) electrons. The quantitative estimate of drug-likeness (QED) is 0.0977. The van der Waals surface area contributed by atoms with E-state index in [0.717, 1.165) is 29.6 Å². The average Bonchev–Trinajstić information content (AvgIpc) is 3.03. The van der Waals surface area contributed by atoms with Crippen LogP contribution in [-0.2, 0) is 25.5 Å². The fourth-order valence-electron chi connectivity index (χ4n) is 5.69. The number of cyclic esters (lactones) is 1. The molecule has 7 atom stereocenters. The summed E-state index contributed by atoms with van der Waals surface area (Å²) in [4.78, 5) is 41.2. The minimum atomic E-state index is -0.814. The molecule has 256 valence electrons. The number of carbonyl (C=O) groups excluding carboxylic acids is 3. The normalized spacial score (nSPS) is 21.0. The Bertz CT molecular complexity index is 1350. The Balaban J connectivity index is 1.84. The maximum atomic E-state index is 13.2. The largest absolute Gasteiger partial charge is 0.454 e. The third-order valence-corrected chi connectivity index (χ3v) is 8.56. The smallest absolute Gasteiger partial charge is 0.331 e. The van der Waals surface area contributed by atoms with Gasteiger partial charge < -0.3 is 15.2 Å². The molecular weight excluding hydrogens is 588 g/mol. The predicted molar refractivity (Wildman–Crippen MR) is 190 cm³/mol. The molecule has 0 saturated heterocycles. The first-order valence-corrected chi connectivity index (χ1v) is 17.0. The van der Waals surface area contributed by atoms with Gasteiger partial charge in [-0.05, 0) is 69.1 Å². The van der Waals surface area contributed by atoms with Crippen LogP contribution in [0.5, 0.6) is 0 Å². The van der Waals surface area contributed by atoms with Crippen molar-refractivity contribution in [1.29, 1.82) is 0 Å². The molecule has 0 aromatic carbocycles. The summed E-state index contributed by atoms with van der Waals surface area (Å²) in [5, 5.41) is 13.9. The van der Waals surface area contributed by atoms with Crippen LogP contribution in [0, 0.1) is 29.6 Å². The van der Waals surface area contributed by atoms with E-state index in [1.165, 1.54) is 11.6 Å². The molecule has 1 aromatic heterocycles. The molecule has 0 bridgehead atoms. The maximum absolute atomic E-state index is 13.2. The van der Waals surface area contributed by atoms with Crippen molar-refractivity contribution in [2.75, 3.05) is 6.54 Å². The number of carbonyl (C=O) groups is 3. The third kappa shape index (κ3) is 14.6. The van der Waals surface area contributed by atoms with E-state index in [9.17, 15) is 19.5 Å². The first-order valence-electron chi connectivity index (χ1n) is 17.0. The summed E-state index contributed by atoms with van der Waals surface area (Å²) in [6, 6.07) is 3.85. The molecule has 1 aliphatic heterocycles. The highest BCUT2D eigenvalue weighted by Gasteiger charge is 2.29. The molecule has 7 nitrogen and oxygen atoms in total. The van der Waals surface area contributed by atoms with Gasteiger partial charge in [0.25, 0.3) is 0 Å². The lowest BCUT2D eigenvalue weighted by Crippen LogP contribution is -2.34. The molecule has 0 saturated carbocycles. The van der Waals surface area contributed by atoms with E-state index in [2.05, 4.69) is 42.4 Å². The van der Waals surface area contributed by atoms with Gasteiger partial charge >= 0.3 is 5.97 Å². The van der Waals surface area contributed by atoms with Gasteiger partial charge in [0.1, 0.15) is 11.9 Å². The molecule has 2 N–H and O–H groups in total. The van der Waals surface area contributed by atoms with Crippen molar-refractivity contribution in [2.24, 2.45) is 29.6 Å². The Hall–Kier alpha value is -3.84. The number of Topliss-reactive ketones (excluding diaryl/α,β-unsaturated/α-hetero) is 1. The Morgan fingerprint density at radius 1 is 1.13 bits per heavy atom. The van der Waals surface area contributed by atoms with Gasteiger partial charge in [0, 0.05) is 48.8 Å². The molecule has 1 amide bonds. The number of amides is 1. The fraction of sp³-hybridized carbons (Fsp3) is 0.500. The minimum Gasteiger partial charge on any atom is -0.454 e. The van der Waals surface area contributed by atoms with Crippen LogP contribution in [0.3, 0.4) is 0 Å². The zero-order valence-corrected chi connectivity index (χ0v) is 29.6. The molecular formula is C40H56N2O5. The van der Waals surface area contributed by atoms with Crippen LogP contribution in [0.1, 0.15) is 80.2 Å². The van der Waals surface area contributed by atoms with Gasteiger partial charge in [0.2, 0.25) is 5.91 Å². The molecule has 2 rings (SSSR count). The predicted octanol–water partition coefficient (Wildman–Crippen LogP) is 7.45. The average molecular weight is 645 g/mol. The van der Waals surface area contributed by atoms with Gasteiger partial charge in [-0.3, -0.25) is 14.6 Å². The second-order valence-electron chi connectivity index (χ2n) is 13.1. The Morgan fingerprint density at radius 2 is 1.87 bits per heavy atom. The Labute approximate surface area is 282 Å². The number of nitrogens with zero attached hydrogens (tertiary/aromatic N) is 1. The van der Waals surface area contributed by atoms with Gasteiger partial charge in [-0.1, -0.05) is 101 Å². The van der Waals surface area contributed by atoms with E-state index in [1.54, 1.807) is 25.4 Å². The van der Waals surface area contributed by atoms with E-state index in [-0.39, 0.29) is 41.5 Å². The number of aliphatic hydroxyl groups excluding tert-OH is 1. The van der Waals surface area contributed by atoms with Crippen LogP contribution in [0.4, 0.5) is 0 Å². The number of aliphatic hydroxyl groups is 1. The van der Waals surface area contributed by atoms with Crippen molar-refractivity contribution < 1.29 is 24.2 Å². The molecule has 7 heteroatoms. The summed E-state index contributed by atoms with van der Waals surface area (Å²) in [5.74, 6) is -1.04.